The van der Waals surface area contributed by atoms with Gasteiger partial charge in [0.25, 0.3) is 17.5 Å². The van der Waals surface area contributed by atoms with E-state index in [4.69, 9.17) is 4.42 Å². The molecule has 0 unspecified atom stereocenters. The van der Waals surface area contributed by atoms with Crippen LogP contribution in [-0.4, -0.2) is 22.8 Å². The molecule has 3 aromatic rings. The lowest BCUT2D eigenvalue weighted by Crippen LogP contribution is -2.54. The minimum absolute atomic E-state index is 0.0520. The maximum Gasteiger partial charge on any atom is 0.335 e. The molecule has 9 heteroatoms. The third kappa shape index (κ3) is 3.91. The molecule has 0 radical (unpaired) electrons. The molecule has 0 atom stereocenters. The van der Waals surface area contributed by atoms with Crippen molar-refractivity contribution in [3.8, 4) is 11.3 Å². The highest BCUT2D eigenvalue weighted by molar-refractivity contribution is 6.39. The first-order valence-corrected chi connectivity index (χ1v) is 9.72. The lowest BCUT2D eigenvalue weighted by molar-refractivity contribution is -0.384. The van der Waals surface area contributed by atoms with Crippen LogP contribution in [-0.2, 0) is 16.0 Å². The Morgan fingerprint density at radius 2 is 1.69 bits per heavy atom. The van der Waals surface area contributed by atoms with Gasteiger partial charge in [0.05, 0.1) is 10.6 Å². The van der Waals surface area contributed by atoms with Crippen molar-refractivity contribution in [1.82, 2.24) is 5.32 Å². The third-order valence-electron chi connectivity index (χ3n) is 4.98. The van der Waals surface area contributed by atoms with Crippen molar-refractivity contribution < 1.29 is 23.7 Å². The van der Waals surface area contributed by atoms with Gasteiger partial charge in [-0.1, -0.05) is 19.1 Å². The number of nitro groups is 1. The maximum absolute atomic E-state index is 13.0. The molecule has 1 fully saturated rings. The van der Waals surface area contributed by atoms with Crippen LogP contribution >= 0.6 is 0 Å². The van der Waals surface area contributed by atoms with E-state index in [1.165, 1.54) is 30.3 Å². The summed E-state index contributed by atoms with van der Waals surface area (Å²) in [7, 11) is 0. The van der Waals surface area contributed by atoms with E-state index in [1.807, 2.05) is 6.92 Å². The lowest BCUT2D eigenvalue weighted by Gasteiger charge is -2.26. The molecule has 2 heterocycles. The van der Waals surface area contributed by atoms with E-state index in [-0.39, 0.29) is 17.0 Å². The molecule has 1 saturated heterocycles. The first kappa shape index (κ1) is 20.7. The zero-order valence-electron chi connectivity index (χ0n) is 16.9. The Morgan fingerprint density at radius 1 is 1.00 bits per heavy atom. The number of carbonyl (C=O) groups excluding carboxylic acids is 3. The Balaban J connectivity index is 1.62. The second kappa shape index (κ2) is 8.31. The van der Waals surface area contributed by atoms with Gasteiger partial charge in [0, 0.05) is 17.7 Å². The Bertz CT molecular complexity index is 1260. The van der Waals surface area contributed by atoms with Gasteiger partial charge in [-0.15, -0.1) is 0 Å². The van der Waals surface area contributed by atoms with Crippen LogP contribution in [0.3, 0.4) is 0 Å². The van der Waals surface area contributed by atoms with Gasteiger partial charge < -0.3 is 4.42 Å². The number of barbiturate groups is 1. The molecule has 1 aliphatic rings. The van der Waals surface area contributed by atoms with Gasteiger partial charge in [0.15, 0.2) is 0 Å². The number of rotatable bonds is 5. The average Bonchev–Trinajstić information content (AvgIpc) is 3.26. The molecule has 1 aromatic heterocycles. The van der Waals surface area contributed by atoms with E-state index >= 15 is 0 Å². The highest BCUT2D eigenvalue weighted by Crippen LogP contribution is 2.27. The number of amides is 4. The number of carbonyl (C=O) groups is 3. The fourth-order valence-electron chi connectivity index (χ4n) is 3.25. The second-order valence-corrected chi connectivity index (χ2v) is 6.98. The minimum Gasteiger partial charge on any atom is -0.457 e. The van der Waals surface area contributed by atoms with Crippen molar-refractivity contribution in [1.29, 1.82) is 0 Å². The number of aryl methyl sites for hydroxylation is 1. The van der Waals surface area contributed by atoms with E-state index < -0.39 is 22.8 Å². The molecule has 160 valence electrons. The number of furan rings is 1. The highest BCUT2D eigenvalue weighted by Gasteiger charge is 2.37. The molecule has 2 aromatic carbocycles. The number of imide groups is 2. The van der Waals surface area contributed by atoms with E-state index in [0.717, 1.165) is 16.9 Å². The predicted octanol–water partition coefficient (Wildman–Crippen LogP) is 4.08. The van der Waals surface area contributed by atoms with Crippen molar-refractivity contribution in [2.24, 2.45) is 0 Å². The summed E-state index contributed by atoms with van der Waals surface area (Å²) < 4.78 is 5.69. The van der Waals surface area contributed by atoms with Crippen LogP contribution in [0, 0.1) is 10.1 Å². The van der Waals surface area contributed by atoms with E-state index in [2.05, 4.69) is 5.32 Å². The van der Waals surface area contributed by atoms with Crippen molar-refractivity contribution in [2.45, 2.75) is 13.3 Å². The largest absolute Gasteiger partial charge is 0.457 e. The van der Waals surface area contributed by atoms with Gasteiger partial charge >= 0.3 is 6.03 Å². The molecule has 32 heavy (non-hydrogen) atoms. The number of anilines is 1. The molecule has 9 nitrogen and oxygen atoms in total. The number of non-ortho nitro benzene ring substituents is 1. The number of hydrogen-bond donors (Lipinski definition) is 1. The molecule has 1 aliphatic heterocycles. The van der Waals surface area contributed by atoms with Gasteiger partial charge in [-0.05, 0) is 54.5 Å². The molecular formula is C23H17N3O6. The molecular weight excluding hydrogens is 414 g/mol. The summed E-state index contributed by atoms with van der Waals surface area (Å²) in [6.45, 7) is 1.99. The highest BCUT2D eigenvalue weighted by atomic mass is 16.6. The summed E-state index contributed by atoms with van der Waals surface area (Å²) in [4.78, 5) is 48.8. The molecule has 0 bridgehead atoms. The van der Waals surface area contributed by atoms with Crippen LogP contribution in [0.2, 0.25) is 0 Å². The summed E-state index contributed by atoms with van der Waals surface area (Å²) in [6, 6.07) is 15.0. The topological polar surface area (TPSA) is 123 Å². The third-order valence-corrected chi connectivity index (χ3v) is 4.98. The number of urea groups is 1. The molecule has 0 aliphatic carbocycles. The Kier molecular flexibility index (Phi) is 5.38. The first-order valence-electron chi connectivity index (χ1n) is 9.72. The quantitative estimate of drug-likeness (QED) is 0.281. The molecule has 0 saturated carbocycles. The zero-order valence-corrected chi connectivity index (χ0v) is 16.9. The van der Waals surface area contributed by atoms with Crippen LogP contribution in [0.1, 0.15) is 18.2 Å². The van der Waals surface area contributed by atoms with Crippen LogP contribution in [0.5, 0.6) is 0 Å². The average molecular weight is 431 g/mol. The van der Waals surface area contributed by atoms with Crippen molar-refractivity contribution in [2.75, 3.05) is 4.90 Å². The fourth-order valence-corrected chi connectivity index (χ4v) is 3.25. The summed E-state index contributed by atoms with van der Waals surface area (Å²) in [6.07, 6.45) is 2.06. The normalized spacial score (nSPS) is 15.2. The Labute approximate surface area is 182 Å². The Morgan fingerprint density at radius 3 is 2.31 bits per heavy atom. The van der Waals surface area contributed by atoms with Gasteiger partial charge in [0.2, 0.25) is 0 Å². The standard InChI is InChI=1S/C23H17N3O6/c1-2-14-3-7-16(8-4-14)25-22(28)19(21(27)24-23(25)29)13-18-11-12-20(32-18)15-5-9-17(10-6-15)26(30)31/h3-13H,2H2,1H3,(H,24,27,29)/b19-13+. The number of hydrogen-bond acceptors (Lipinski definition) is 6. The van der Waals surface area contributed by atoms with Crippen LogP contribution in [0.4, 0.5) is 16.2 Å². The number of nitro benzene ring substituents is 1. The maximum atomic E-state index is 13.0. The Hall–Kier alpha value is -4.53. The monoisotopic (exact) mass is 431 g/mol. The molecule has 1 N–H and O–H groups in total. The van der Waals surface area contributed by atoms with Crippen LogP contribution < -0.4 is 10.2 Å². The van der Waals surface area contributed by atoms with Gasteiger partial charge in [0.1, 0.15) is 17.1 Å². The lowest BCUT2D eigenvalue weighted by atomic mass is 10.1. The van der Waals surface area contributed by atoms with E-state index in [9.17, 15) is 24.5 Å². The van der Waals surface area contributed by atoms with E-state index in [0.29, 0.717) is 17.0 Å². The van der Waals surface area contributed by atoms with Gasteiger partial charge in [-0.2, -0.15) is 0 Å². The number of nitrogens with one attached hydrogen (secondary N) is 1. The van der Waals surface area contributed by atoms with Gasteiger partial charge in [-0.3, -0.25) is 25.0 Å². The van der Waals surface area contributed by atoms with Crippen molar-refractivity contribution in [3.63, 3.8) is 0 Å². The summed E-state index contributed by atoms with van der Waals surface area (Å²) in [5.74, 6) is -0.975. The summed E-state index contributed by atoms with van der Waals surface area (Å²) >= 11 is 0. The first-order chi connectivity index (χ1) is 15.4. The van der Waals surface area contributed by atoms with Crippen molar-refractivity contribution in [3.05, 3.63) is 87.7 Å². The smallest absolute Gasteiger partial charge is 0.335 e. The number of nitrogens with zero attached hydrogens (tertiary/aromatic N) is 2. The molecule has 0 spiro atoms. The van der Waals surface area contributed by atoms with Crippen molar-refractivity contribution >= 4 is 35.3 Å². The summed E-state index contributed by atoms with van der Waals surface area (Å²) in [5, 5.41) is 13.0. The second-order valence-electron chi connectivity index (χ2n) is 6.98. The number of benzene rings is 2. The molecule has 4 amide bonds. The van der Waals surface area contributed by atoms with E-state index in [1.54, 1.807) is 36.4 Å². The molecule has 4 rings (SSSR count). The van der Waals surface area contributed by atoms with Crippen LogP contribution in [0.25, 0.3) is 17.4 Å². The zero-order chi connectivity index (χ0) is 22.8. The predicted molar refractivity (Wildman–Crippen MR) is 116 cm³/mol. The SMILES string of the molecule is CCc1ccc(N2C(=O)NC(=O)/C(=C\c3ccc(-c4ccc([N+](=O)[O-])cc4)o3)C2=O)cc1. The fraction of sp³-hybridized carbons (Fsp3) is 0.0870. The minimum atomic E-state index is -0.826. The summed E-state index contributed by atoms with van der Waals surface area (Å²) in [5.41, 5.74) is 1.67. The van der Waals surface area contributed by atoms with Crippen LogP contribution in [0.15, 0.2) is 70.7 Å². The van der Waals surface area contributed by atoms with Gasteiger partial charge in [-0.25, -0.2) is 9.69 Å².